The summed E-state index contributed by atoms with van der Waals surface area (Å²) < 4.78 is 53.4. The number of β-amino-alcohol motifs (C(OH)–C–C–N with tert-alkyl or cyclic N) is 1. The maximum atomic E-state index is 13.1. The van der Waals surface area contributed by atoms with Crippen LogP contribution >= 0.6 is 11.6 Å². The number of benzene rings is 2. The second-order valence-electron chi connectivity index (χ2n) is 7.11. The van der Waals surface area contributed by atoms with Gasteiger partial charge in [0.2, 0.25) is 10.0 Å². The van der Waals surface area contributed by atoms with E-state index in [0.29, 0.717) is 10.6 Å². The molecular formula is C19H19ClN2O6S2. The van der Waals surface area contributed by atoms with Crippen molar-refractivity contribution in [2.45, 2.75) is 27.6 Å². The lowest BCUT2D eigenvalue weighted by Crippen LogP contribution is -2.49. The summed E-state index contributed by atoms with van der Waals surface area (Å²) in [5, 5.41) is 19.3. The summed E-state index contributed by atoms with van der Waals surface area (Å²) in [6, 6.07) is 9.27. The van der Waals surface area contributed by atoms with Gasteiger partial charge in [0, 0.05) is 18.1 Å². The summed E-state index contributed by atoms with van der Waals surface area (Å²) >= 11 is 5.89. The molecule has 3 rings (SSSR count). The van der Waals surface area contributed by atoms with E-state index in [1.165, 1.54) is 42.5 Å². The van der Waals surface area contributed by atoms with E-state index in [1.807, 2.05) is 0 Å². The maximum Gasteiger partial charge on any atom is 0.243 e. The van der Waals surface area contributed by atoms with Crippen LogP contribution in [0.15, 0.2) is 52.3 Å². The van der Waals surface area contributed by atoms with Crippen LogP contribution in [0.2, 0.25) is 5.02 Å². The fourth-order valence-corrected chi connectivity index (χ4v) is 7.46. The van der Waals surface area contributed by atoms with Gasteiger partial charge in [-0.05, 0) is 30.7 Å². The molecule has 2 aromatic rings. The molecule has 0 unspecified atom stereocenters. The zero-order valence-corrected chi connectivity index (χ0v) is 18.2. The van der Waals surface area contributed by atoms with Crippen molar-refractivity contribution in [2.24, 2.45) is 0 Å². The Hall–Kier alpha value is -2.00. The summed E-state index contributed by atoms with van der Waals surface area (Å²) in [6.07, 6.45) is 0. The fourth-order valence-electron chi connectivity index (χ4n) is 3.46. The molecule has 8 nitrogen and oxygen atoms in total. The highest BCUT2D eigenvalue weighted by molar-refractivity contribution is 7.92. The van der Waals surface area contributed by atoms with Crippen LogP contribution in [0.25, 0.3) is 4.85 Å². The van der Waals surface area contributed by atoms with Crippen molar-refractivity contribution >= 4 is 37.1 Å². The quantitative estimate of drug-likeness (QED) is 0.643. The molecule has 0 spiro atoms. The molecule has 11 heteroatoms. The molecule has 0 aliphatic carbocycles. The Balaban J connectivity index is 2.02. The number of nitrogens with zero attached hydrogens (tertiary/aromatic N) is 2. The number of hydrogen-bond acceptors (Lipinski definition) is 6. The second kappa shape index (κ2) is 7.92. The van der Waals surface area contributed by atoms with Gasteiger partial charge in [-0.2, -0.15) is 4.31 Å². The molecule has 1 aliphatic rings. The molecule has 0 bridgehead atoms. The van der Waals surface area contributed by atoms with E-state index >= 15 is 0 Å². The maximum absolute atomic E-state index is 13.1. The van der Waals surface area contributed by atoms with E-state index in [4.69, 9.17) is 18.2 Å². The van der Waals surface area contributed by atoms with Gasteiger partial charge in [-0.1, -0.05) is 35.9 Å². The Morgan fingerprint density at radius 2 is 1.83 bits per heavy atom. The van der Waals surface area contributed by atoms with Gasteiger partial charge in [-0.3, -0.25) is 0 Å². The first kappa shape index (κ1) is 22.7. The van der Waals surface area contributed by atoms with Crippen LogP contribution in [0.5, 0.6) is 0 Å². The topological polar surface area (TPSA) is 116 Å². The van der Waals surface area contributed by atoms with Crippen molar-refractivity contribution in [3.8, 4) is 0 Å². The molecule has 0 aromatic heterocycles. The molecule has 1 fully saturated rings. The van der Waals surface area contributed by atoms with Crippen LogP contribution in [-0.2, 0) is 19.9 Å². The number of rotatable bonds is 5. The molecule has 0 amide bonds. The van der Waals surface area contributed by atoms with Crippen molar-refractivity contribution < 1.29 is 27.0 Å². The average molecular weight is 471 g/mol. The summed E-state index contributed by atoms with van der Waals surface area (Å²) in [6.45, 7) is 6.45. The number of sulfonamides is 1. The Morgan fingerprint density at radius 3 is 2.37 bits per heavy atom. The normalized spacial score (nSPS) is 22.7. The van der Waals surface area contributed by atoms with Gasteiger partial charge in [-0.25, -0.2) is 21.7 Å². The molecule has 2 aromatic carbocycles. The Labute approximate surface area is 180 Å². The molecule has 1 aliphatic heterocycles. The van der Waals surface area contributed by atoms with Gasteiger partial charge in [0.15, 0.2) is 15.5 Å². The Morgan fingerprint density at radius 1 is 1.20 bits per heavy atom. The second-order valence-corrected chi connectivity index (χ2v) is 11.6. The number of hydrogen-bond donors (Lipinski definition) is 2. The van der Waals surface area contributed by atoms with Crippen LogP contribution in [0.3, 0.4) is 0 Å². The fraction of sp³-hybridized carbons (Fsp3) is 0.316. The standard InChI is InChI=1S/C19H19ClN2O6S2/c1-13-9-14(20)3-8-17(13)30(27,28)22-10-18(19(24,11-22)12-23)29(25,26)16-6-4-15(21-2)5-7-16/h3-9,18,23-24H,10-12H2,1H3/t18-,19+/m0/s1. The van der Waals surface area contributed by atoms with Gasteiger partial charge < -0.3 is 10.2 Å². The lowest BCUT2D eigenvalue weighted by atomic mass is 10.1. The third-order valence-corrected chi connectivity index (χ3v) is 9.59. The lowest BCUT2D eigenvalue weighted by Gasteiger charge is -2.26. The summed E-state index contributed by atoms with van der Waals surface area (Å²) in [5.41, 5.74) is -1.58. The SMILES string of the molecule is [C-]#[N+]c1ccc(S(=O)(=O)[C@H]2CN(S(=O)(=O)c3ccc(Cl)cc3C)C[C@@]2(O)CO)cc1. The zero-order chi connectivity index (χ0) is 22.3. The third-order valence-electron chi connectivity index (χ3n) is 5.12. The largest absolute Gasteiger partial charge is 0.393 e. The van der Waals surface area contributed by atoms with E-state index in [9.17, 15) is 27.0 Å². The minimum absolute atomic E-state index is 0.0633. The van der Waals surface area contributed by atoms with Gasteiger partial charge in [0.05, 0.1) is 23.0 Å². The zero-order valence-electron chi connectivity index (χ0n) is 15.9. The molecular weight excluding hydrogens is 452 g/mol. The van der Waals surface area contributed by atoms with Gasteiger partial charge in [-0.15, -0.1) is 0 Å². The Kier molecular flexibility index (Phi) is 5.99. The molecule has 1 saturated heterocycles. The summed E-state index contributed by atoms with van der Waals surface area (Å²) in [5.74, 6) is 0. The molecule has 0 radical (unpaired) electrons. The highest BCUT2D eigenvalue weighted by atomic mass is 35.5. The molecule has 2 atom stereocenters. The highest BCUT2D eigenvalue weighted by Crippen LogP contribution is 2.35. The van der Waals surface area contributed by atoms with Gasteiger partial charge in [0.1, 0.15) is 10.9 Å². The van der Waals surface area contributed by atoms with Crippen molar-refractivity contribution in [1.82, 2.24) is 4.31 Å². The number of aliphatic hydroxyl groups is 2. The molecule has 1 heterocycles. The van der Waals surface area contributed by atoms with Crippen LogP contribution < -0.4 is 0 Å². The van der Waals surface area contributed by atoms with E-state index in [1.54, 1.807) is 6.92 Å². The first-order valence-electron chi connectivity index (χ1n) is 8.77. The minimum atomic E-state index is -4.22. The smallest absolute Gasteiger partial charge is 0.243 e. The van der Waals surface area contributed by atoms with Gasteiger partial charge in [0.25, 0.3) is 0 Å². The van der Waals surface area contributed by atoms with E-state index in [2.05, 4.69) is 4.85 Å². The van der Waals surface area contributed by atoms with Crippen molar-refractivity contribution in [3.05, 3.63) is 64.5 Å². The van der Waals surface area contributed by atoms with Crippen LogP contribution in [0.4, 0.5) is 5.69 Å². The molecule has 2 N–H and O–H groups in total. The minimum Gasteiger partial charge on any atom is -0.393 e. The summed E-state index contributed by atoms with van der Waals surface area (Å²) in [7, 11) is -8.37. The Bertz CT molecular complexity index is 1220. The first-order valence-corrected chi connectivity index (χ1v) is 12.1. The number of aliphatic hydroxyl groups excluding tert-OH is 1. The van der Waals surface area contributed by atoms with Crippen LogP contribution in [-0.4, -0.2) is 61.9 Å². The van der Waals surface area contributed by atoms with Crippen LogP contribution in [0, 0.1) is 13.5 Å². The van der Waals surface area contributed by atoms with Crippen LogP contribution in [0.1, 0.15) is 5.56 Å². The van der Waals surface area contributed by atoms with E-state index < -0.39 is 50.4 Å². The third kappa shape index (κ3) is 3.85. The van der Waals surface area contributed by atoms with Crippen molar-refractivity contribution in [1.29, 1.82) is 0 Å². The predicted molar refractivity (Wildman–Crippen MR) is 111 cm³/mol. The van der Waals surface area contributed by atoms with Gasteiger partial charge >= 0.3 is 0 Å². The first-order chi connectivity index (χ1) is 14.0. The van der Waals surface area contributed by atoms with E-state index in [0.717, 1.165) is 4.31 Å². The summed E-state index contributed by atoms with van der Waals surface area (Å²) in [4.78, 5) is 2.96. The number of sulfone groups is 1. The van der Waals surface area contributed by atoms with Crippen molar-refractivity contribution in [3.63, 3.8) is 0 Å². The van der Waals surface area contributed by atoms with E-state index in [-0.39, 0.29) is 15.5 Å². The monoisotopic (exact) mass is 470 g/mol. The molecule has 30 heavy (non-hydrogen) atoms. The number of halogens is 1. The lowest BCUT2D eigenvalue weighted by molar-refractivity contribution is 0.00160. The molecule has 160 valence electrons. The predicted octanol–water partition coefficient (Wildman–Crippen LogP) is 1.77. The number of aryl methyl sites for hydroxylation is 1. The molecule has 0 saturated carbocycles. The highest BCUT2D eigenvalue weighted by Gasteiger charge is 2.55. The van der Waals surface area contributed by atoms with Crippen molar-refractivity contribution in [2.75, 3.05) is 19.7 Å². The average Bonchev–Trinajstić information content (AvgIpc) is 3.07.